The Kier molecular flexibility index (Phi) is 3.77. The normalized spacial score (nSPS) is 10.4. The third-order valence-corrected chi connectivity index (χ3v) is 4.59. The number of rotatable bonds is 3. The number of halogens is 1. The summed E-state index contributed by atoms with van der Waals surface area (Å²) in [5.41, 5.74) is 1.48. The van der Waals surface area contributed by atoms with Crippen molar-refractivity contribution in [2.45, 2.75) is 0 Å². The van der Waals surface area contributed by atoms with Crippen LogP contribution in [-0.2, 0) is 0 Å². The van der Waals surface area contributed by atoms with Crippen molar-refractivity contribution in [3.8, 4) is 10.6 Å². The molecule has 0 spiro atoms. The first-order valence-electron chi connectivity index (χ1n) is 5.64. The first-order chi connectivity index (χ1) is 9.74. The number of thiazole rings is 1. The van der Waals surface area contributed by atoms with Gasteiger partial charge in [-0.1, -0.05) is 22.9 Å². The monoisotopic (exact) mass is 321 g/mol. The average molecular weight is 322 g/mol. The fourth-order valence-corrected chi connectivity index (χ4v) is 3.34. The molecule has 0 aliphatic carbocycles. The molecule has 4 nitrogen and oxygen atoms in total. The van der Waals surface area contributed by atoms with Crippen molar-refractivity contribution in [1.29, 1.82) is 0 Å². The summed E-state index contributed by atoms with van der Waals surface area (Å²) < 4.78 is 0. The van der Waals surface area contributed by atoms with Crippen molar-refractivity contribution in [1.82, 2.24) is 9.97 Å². The SMILES string of the molecule is O=C(Nc1sc(-c2cccnc2)nc1Cl)c1ccsc1. The molecule has 3 heterocycles. The molecule has 0 radical (unpaired) electrons. The Hall–Kier alpha value is -1.76. The summed E-state index contributed by atoms with van der Waals surface area (Å²) in [5.74, 6) is -0.186. The summed E-state index contributed by atoms with van der Waals surface area (Å²) in [5, 5.41) is 7.97. The van der Waals surface area contributed by atoms with Crippen molar-refractivity contribution >= 4 is 45.2 Å². The molecule has 3 aromatic rings. The Morgan fingerprint density at radius 2 is 2.25 bits per heavy atom. The van der Waals surface area contributed by atoms with Crippen LogP contribution in [0, 0.1) is 0 Å². The number of carbonyl (C=O) groups is 1. The van der Waals surface area contributed by atoms with E-state index < -0.39 is 0 Å². The van der Waals surface area contributed by atoms with Crippen LogP contribution in [0.3, 0.4) is 0 Å². The number of anilines is 1. The lowest BCUT2D eigenvalue weighted by atomic mass is 10.3. The van der Waals surface area contributed by atoms with Crippen molar-refractivity contribution in [2.24, 2.45) is 0 Å². The van der Waals surface area contributed by atoms with E-state index in [1.807, 2.05) is 17.5 Å². The van der Waals surface area contributed by atoms with Gasteiger partial charge in [-0.05, 0) is 23.6 Å². The Morgan fingerprint density at radius 1 is 1.35 bits per heavy atom. The van der Waals surface area contributed by atoms with E-state index in [1.54, 1.807) is 23.8 Å². The van der Waals surface area contributed by atoms with Gasteiger partial charge in [0.05, 0.1) is 5.56 Å². The van der Waals surface area contributed by atoms with Crippen molar-refractivity contribution in [3.05, 3.63) is 52.1 Å². The first kappa shape index (κ1) is 13.2. The zero-order valence-corrected chi connectivity index (χ0v) is 12.4. The highest BCUT2D eigenvalue weighted by Gasteiger charge is 2.14. The molecule has 7 heteroatoms. The van der Waals surface area contributed by atoms with E-state index in [0.29, 0.717) is 10.6 Å². The van der Waals surface area contributed by atoms with Crippen LogP contribution < -0.4 is 5.32 Å². The van der Waals surface area contributed by atoms with Gasteiger partial charge < -0.3 is 5.32 Å². The van der Waals surface area contributed by atoms with E-state index in [4.69, 9.17) is 11.6 Å². The lowest BCUT2D eigenvalue weighted by Crippen LogP contribution is -2.09. The molecule has 3 rings (SSSR count). The second-order valence-electron chi connectivity index (χ2n) is 3.85. The van der Waals surface area contributed by atoms with Crippen molar-refractivity contribution in [3.63, 3.8) is 0 Å². The molecule has 20 heavy (non-hydrogen) atoms. The smallest absolute Gasteiger partial charge is 0.257 e. The van der Waals surface area contributed by atoms with Gasteiger partial charge in [0.2, 0.25) is 0 Å². The number of hydrogen-bond donors (Lipinski definition) is 1. The van der Waals surface area contributed by atoms with Gasteiger partial charge in [-0.25, -0.2) is 4.98 Å². The highest BCUT2D eigenvalue weighted by molar-refractivity contribution is 7.19. The van der Waals surface area contributed by atoms with Gasteiger partial charge in [0, 0.05) is 23.3 Å². The third-order valence-electron chi connectivity index (χ3n) is 2.50. The molecule has 1 amide bonds. The summed E-state index contributed by atoms with van der Waals surface area (Å²) in [4.78, 5) is 20.3. The summed E-state index contributed by atoms with van der Waals surface area (Å²) in [6.07, 6.45) is 3.40. The molecule has 0 saturated carbocycles. The largest absolute Gasteiger partial charge is 0.311 e. The summed E-state index contributed by atoms with van der Waals surface area (Å²) in [7, 11) is 0. The molecule has 0 saturated heterocycles. The van der Waals surface area contributed by atoms with Crippen LogP contribution >= 0.6 is 34.3 Å². The van der Waals surface area contributed by atoms with E-state index in [1.165, 1.54) is 22.7 Å². The van der Waals surface area contributed by atoms with Crippen molar-refractivity contribution < 1.29 is 4.79 Å². The maximum atomic E-state index is 12.0. The minimum Gasteiger partial charge on any atom is -0.311 e. The molecule has 1 N–H and O–H groups in total. The standard InChI is InChI=1S/C13H8ClN3OS2/c14-10-13(17-11(18)9-3-5-19-7-9)20-12(16-10)8-2-1-4-15-6-8/h1-7H,(H,17,18). The number of thiophene rings is 1. The summed E-state index contributed by atoms with van der Waals surface area (Å²) >= 11 is 8.86. The zero-order valence-electron chi connectivity index (χ0n) is 10.0. The van der Waals surface area contributed by atoms with Gasteiger partial charge in [0.15, 0.2) is 5.15 Å². The highest BCUT2D eigenvalue weighted by atomic mass is 35.5. The number of nitrogens with one attached hydrogen (secondary N) is 1. The Morgan fingerprint density at radius 3 is 2.95 bits per heavy atom. The van der Waals surface area contributed by atoms with E-state index in [2.05, 4.69) is 15.3 Å². The predicted octanol–water partition coefficient (Wildman–Crippen LogP) is 4.17. The van der Waals surface area contributed by atoms with Crippen LogP contribution in [0.15, 0.2) is 41.4 Å². The second kappa shape index (κ2) is 5.70. The van der Waals surface area contributed by atoms with Crippen LogP contribution in [0.25, 0.3) is 10.6 Å². The molecule has 0 fully saturated rings. The molecule has 100 valence electrons. The van der Waals surface area contributed by atoms with Gasteiger partial charge in [-0.2, -0.15) is 11.3 Å². The average Bonchev–Trinajstić information content (AvgIpc) is 3.10. The van der Waals surface area contributed by atoms with Gasteiger partial charge in [0.25, 0.3) is 5.91 Å². The number of hydrogen-bond acceptors (Lipinski definition) is 5. The summed E-state index contributed by atoms with van der Waals surface area (Å²) in [6.45, 7) is 0. The molecular formula is C13H8ClN3OS2. The van der Waals surface area contributed by atoms with E-state index in [0.717, 1.165) is 10.6 Å². The minimum absolute atomic E-state index is 0.186. The molecule has 0 aromatic carbocycles. The van der Waals surface area contributed by atoms with Gasteiger partial charge >= 0.3 is 0 Å². The van der Waals surface area contributed by atoms with E-state index in [9.17, 15) is 4.79 Å². The number of carbonyl (C=O) groups excluding carboxylic acids is 1. The molecule has 3 aromatic heterocycles. The number of amides is 1. The first-order valence-corrected chi connectivity index (χ1v) is 7.78. The molecule has 0 atom stereocenters. The topological polar surface area (TPSA) is 54.9 Å². The van der Waals surface area contributed by atoms with E-state index in [-0.39, 0.29) is 11.1 Å². The lowest BCUT2D eigenvalue weighted by molar-refractivity contribution is 0.102. The van der Waals surface area contributed by atoms with Crippen LogP contribution in [0.1, 0.15) is 10.4 Å². The van der Waals surface area contributed by atoms with Gasteiger partial charge in [-0.15, -0.1) is 0 Å². The molecule has 0 aliphatic heterocycles. The van der Waals surface area contributed by atoms with E-state index >= 15 is 0 Å². The summed E-state index contributed by atoms with van der Waals surface area (Å²) in [6, 6.07) is 5.48. The Balaban J connectivity index is 1.85. The minimum atomic E-state index is -0.186. The Bertz CT molecular complexity index is 725. The van der Waals surface area contributed by atoms with Crippen LogP contribution in [0.4, 0.5) is 5.00 Å². The van der Waals surface area contributed by atoms with Gasteiger partial charge in [-0.3, -0.25) is 9.78 Å². The molecule has 0 bridgehead atoms. The fourth-order valence-electron chi connectivity index (χ4n) is 1.56. The van der Waals surface area contributed by atoms with Crippen LogP contribution in [-0.4, -0.2) is 15.9 Å². The van der Waals surface area contributed by atoms with Crippen molar-refractivity contribution in [2.75, 3.05) is 5.32 Å². The second-order valence-corrected chi connectivity index (χ2v) is 5.98. The molecule has 0 aliphatic rings. The maximum Gasteiger partial charge on any atom is 0.257 e. The predicted molar refractivity (Wildman–Crippen MR) is 82.6 cm³/mol. The molecular weight excluding hydrogens is 314 g/mol. The van der Waals surface area contributed by atoms with Gasteiger partial charge in [0.1, 0.15) is 10.0 Å². The third kappa shape index (κ3) is 2.72. The van der Waals surface area contributed by atoms with Crippen LogP contribution in [0.5, 0.6) is 0 Å². The van der Waals surface area contributed by atoms with Crippen LogP contribution in [0.2, 0.25) is 5.15 Å². The number of pyridine rings is 1. The molecule has 0 unspecified atom stereocenters. The lowest BCUT2D eigenvalue weighted by Gasteiger charge is -1.99. The zero-order chi connectivity index (χ0) is 13.9. The number of nitrogens with zero attached hydrogens (tertiary/aromatic N) is 2. The fraction of sp³-hybridized carbons (Fsp3) is 0. The Labute approximate surface area is 128 Å². The highest BCUT2D eigenvalue weighted by Crippen LogP contribution is 2.34. The quantitative estimate of drug-likeness (QED) is 0.787. The maximum absolute atomic E-state index is 12.0. The number of aromatic nitrogens is 2.